The van der Waals surface area contributed by atoms with Crippen LogP contribution < -0.4 is 0 Å². The van der Waals surface area contributed by atoms with E-state index < -0.39 is 19.9 Å². The summed E-state index contributed by atoms with van der Waals surface area (Å²) in [5, 5.41) is 1.02. The minimum Gasteiger partial charge on any atom is -0.231 e. The van der Waals surface area contributed by atoms with E-state index in [0.29, 0.717) is 21.5 Å². The second-order valence-corrected chi connectivity index (χ2v) is 10.5. The van der Waals surface area contributed by atoms with E-state index >= 15 is 0 Å². The zero-order valence-corrected chi connectivity index (χ0v) is 16.4. The smallest absolute Gasteiger partial charge is 0.231 e. The molecule has 5 nitrogen and oxygen atoms in total. The third-order valence-corrected chi connectivity index (χ3v) is 7.70. The lowest BCUT2D eigenvalue weighted by Gasteiger charge is -2.07. The summed E-state index contributed by atoms with van der Waals surface area (Å²) in [4.78, 5) is 0.126. The summed E-state index contributed by atoms with van der Waals surface area (Å²) in [7, 11) is -7.05. The van der Waals surface area contributed by atoms with E-state index in [1.807, 2.05) is 0 Å². The molecular formula is C18H17ClNO4S2. The van der Waals surface area contributed by atoms with Crippen LogP contribution in [-0.2, 0) is 26.3 Å². The third-order valence-electron chi connectivity index (χ3n) is 4.12. The van der Waals surface area contributed by atoms with Gasteiger partial charge in [0.25, 0.3) is 10.0 Å². The summed E-state index contributed by atoms with van der Waals surface area (Å²) in [6, 6.07) is 12.9. The molecule has 3 aromatic rings. The first-order valence-corrected chi connectivity index (χ1v) is 11.6. The number of fused-ring (bicyclic) bond motifs is 1. The summed E-state index contributed by atoms with van der Waals surface area (Å²) < 4.78 is 50.7. The molecule has 0 fully saturated rings. The monoisotopic (exact) mass is 410 g/mol. The summed E-state index contributed by atoms with van der Waals surface area (Å²) in [5.41, 5.74) is 0.915. The predicted molar refractivity (Wildman–Crippen MR) is 103 cm³/mol. The van der Waals surface area contributed by atoms with E-state index in [1.54, 1.807) is 43.3 Å². The summed E-state index contributed by atoms with van der Waals surface area (Å²) >= 11 is 6.05. The van der Waals surface area contributed by atoms with Gasteiger partial charge in [-0.1, -0.05) is 42.8 Å². The minimum absolute atomic E-state index is 0.0415. The van der Waals surface area contributed by atoms with Gasteiger partial charge in [-0.05, 0) is 36.2 Å². The van der Waals surface area contributed by atoms with Gasteiger partial charge in [-0.2, -0.15) is 0 Å². The number of nitrogens with zero attached hydrogens (tertiary/aromatic N) is 1. The average molecular weight is 411 g/mol. The third kappa shape index (κ3) is 3.65. The zero-order valence-electron chi connectivity index (χ0n) is 14.0. The van der Waals surface area contributed by atoms with Crippen LogP contribution in [0.3, 0.4) is 0 Å². The van der Waals surface area contributed by atoms with Crippen molar-refractivity contribution in [2.75, 3.05) is 11.5 Å². The number of hydrogen-bond donors (Lipinski definition) is 0. The van der Waals surface area contributed by atoms with Gasteiger partial charge in [0, 0.05) is 16.2 Å². The van der Waals surface area contributed by atoms with Gasteiger partial charge < -0.3 is 0 Å². The van der Waals surface area contributed by atoms with E-state index in [0.717, 1.165) is 3.97 Å². The van der Waals surface area contributed by atoms with Crippen LogP contribution in [0.25, 0.3) is 10.9 Å². The van der Waals surface area contributed by atoms with E-state index in [1.165, 1.54) is 12.1 Å². The molecular weight excluding hydrogens is 394 g/mol. The van der Waals surface area contributed by atoms with Crippen LogP contribution >= 0.6 is 11.6 Å². The highest BCUT2D eigenvalue weighted by atomic mass is 35.5. The molecule has 0 spiro atoms. The van der Waals surface area contributed by atoms with Crippen molar-refractivity contribution in [2.24, 2.45) is 0 Å². The number of rotatable bonds is 6. The quantitative estimate of drug-likeness (QED) is 0.624. The Morgan fingerprint density at radius 1 is 1.04 bits per heavy atom. The van der Waals surface area contributed by atoms with Crippen LogP contribution in [0.5, 0.6) is 0 Å². The molecule has 0 N–H and O–H groups in total. The van der Waals surface area contributed by atoms with E-state index in [9.17, 15) is 16.8 Å². The van der Waals surface area contributed by atoms with Gasteiger partial charge in [0.15, 0.2) is 0 Å². The molecule has 0 aliphatic rings. The van der Waals surface area contributed by atoms with Crippen molar-refractivity contribution in [2.45, 2.75) is 18.2 Å². The SMILES string of the molecule is CCS(=O)(=O)CCc1[c]n(S(=O)(=O)c2ccccc2)c2cc(Cl)ccc12. The van der Waals surface area contributed by atoms with Gasteiger partial charge in [-0.15, -0.1) is 0 Å². The van der Waals surface area contributed by atoms with Crippen molar-refractivity contribution >= 4 is 42.4 Å². The van der Waals surface area contributed by atoms with Crippen molar-refractivity contribution < 1.29 is 16.8 Å². The minimum atomic E-state index is -3.87. The van der Waals surface area contributed by atoms with Gasteiger partial charge in [0.05, 0.1) is 22.4 Å². The molecule has 2 aromatic carbocycles. The first kappa shape index (κ1) is 18.9. The highest BCUT2D eigenvalue weighted by Crippen LogP contribution is 2.28. The van der Waals surface area contributed by atoms with Crippen molar-refractivity contribution in [1.29, 1.82) is 0 Å². The molecule has 1 heterocycles. The maximum atomic E-state index is 13.0. The maximum absolute atomic E-state index is 13.0. The normalized spacial score (nSPS) is 12.5. The number of hydrogen-bond acceptors (Lipinski definition) is 4. The fourth-order valence-electron chi connectivity index (χ4n) is 2.65. The number of aromatic nitrogens is 1. The van der Waals surface area contributed by atoms with Gasteiger partial charge in [0.1, 0.15) is 9.84 Å². The molecule has 0 amide bonds. The number of halogens is 1. The molecule has 0 aliphatic heterocycles. The Bertz CT molecular complexity index is 1150. The van der Waals surface area contributed by atoms with Crippen molar-refractivity contribution in [1.82, 2.24) is 3.97 Å². The van der Waals surface area contributed by atoms with Crippen molar-refractivity contribution in [3.63, 3.8) is 0 Å². The molecule has 1 radical (unpaired) electrons. The Hall–Kier alpha value is -1.83. The Morgan fingerprint density at radius 3 is 2.38 bits per heavy atom. The molecule has 26 heavy (non-hydrogen) atoms. The van der Waals surface area contributed by atoms with Gasteiger partial charge in [-0.3, -0.25) is 0 Å². The summed E-state index contributed by atoms with van der Waals surface area (Å²) in [6.07, 6.45) is 3.04. The van der Waals surface area contributed by atoms with Crippen LogP contribution in [0, 0.1) is 6.20 Å². The second kappa shape index (κ2) is 7.06. The topological polar surface area (TPSA) is 73.2 Å². The lowest BCUT2D eigenvalue weighted by molar-refractivity contribution is 0.588. The first-order valence-electron chi connectivity index (χ1n) is 7.98. The second-order valence-electron chi connectivity index (χ2n) is 5.82. The summed E-state index contributed by atoms with van der Waals surface area (Å²) in [6.45, 7) is 1.59. The Balaban J connectivity index is 2.16. The Kier molecular flexibility index (Phi) is 5.14. The zero-order chi connectivity index (χ0) is 18.9. The average Bonchev–Trinajstić information content (AvgIpc) is 2.99. The Morgan fingerprint density at radius 2 is 1.73 bits per heavy atom. The van der Waals surface area contributed by atoms with Crippen LogP contribution in [0.1, 0.15) is 12.5 Å². The lowest BCUT2D eigenvalue weighted by Crippen LogP contribution is -2.13. The fraction of sp³-hybridized carbons (Fsp3) is 0.222. The van der Waals surface area contributed by atoms with Crippen molar-refractivity contribution in [3.8, 4) is 0 Å². The van der Waals surface area contributed by atoms with Gasteiger partial charge in [-0.25, -0.2) is 20.8 Å². The molecule has 0 atom stereocenters. The lowest BCUT2D eigenvalue weighted by atomic mass is 10.1. The standard InChI is InChI=1S/C18H17ClNO4S2/c1-2-25(21,22)11-10-14-13-20(18-12-15(19)8-9-17(14)18)26(23,24)16-6-4-3-5-7-16/h3-9,12H,2,10-11H2,1H3. The molecule has 1 aromatic heterocycles. The van der Waals surface area contributed by atoms with E-state index in [-0.39, 0.29) is 22.8 Å². The maximum Gasteiger partial charge on any atom is 0.268 e. The van der Waals surface area contributed by atoms with Gasteiger partial charge >= 0.3 is 0 Å². The Labute approximate surface area is 158 Å². The molecule has 137 valence electrons. The number of sulfone groups is 1. The predicted octanol–water partition coefficient (Wildman–Crippen LogP) is 3.31. The molecule has 0 saturated heterocycles. The summed E-state index contributed by atoms with van der Waals surface area (Å²) in [5.74, 6) is -0.0209. The van der Waals surface area contributed by atoms with Gasteiger partial charge in [0.2, 0.25) is 0 Å². The molecule has 0 unspecified atom stereocenters. The molecule has 0 bridgehead atoms. The molecule has 8 heteroatoms. The van der Waals surface area contributed by atoms with Crippen LogP contribution in [0.15, 0.2) is 53.4 Å². The molecule has 0 saturated carbocycles. The van der Waals surface area contributed by atoms with Crippen LogP contribution in [-0.4, -0.2) is 32.3 Å². The fourth-order valence-corrected chi connectivity index (χ4v) is 4.97. The van der Waals surface area contributed by atoms with Crippen LogP contribution in [0.4, 0.5) is 0 Å². The van der Waals surface area contributed by atoms with Crippen molar-refractivity contribution in [3.05, 3.63) is 65.3 Å². The highest BCUT2D eigenvalue weighted by Gasteiger charge is 2.22. The molecule has 0 aliphatic carbocycles. The first-order chi connectivity index (χ1) is 12.2. The van der Waals surface area contributed by atoms with Crippen LogP contribution in [0.2, 0.25) is 5.02 Å². The van der Waals surface area contributed by atoms with E-state index in [2.05, 4.69) is 6.20 Å². The molecule has 3 rings (SSSR count). The largest absolute Gasteiger partial charge is 0.268 e. The van der Waals surface area contributed by atoms with E-state index in [4.69, 9.17) is 11.6 Å². The number of aryl methyl sites for hydroxylation is 1. The highest BCUT2D eigenvalue weighted by molar-refractivity contribution is 7.91. The number of benzene rings is 2.